The van der Waals surface area contributed by atoms with Gasteiger partial charge in [0.15, 0.2) is 0 Å². The Balaban J connectivity index is 2.78. The zero-order valence-electron chi connectivity index (χ0n) is 6.78. The van der Waals surface area contributed by atoms with Crippen LogP contribution < -0.4 is 10.5 Å². The number of pyridine rings is 1. The summed E-state index contributed by atoms with van der Waals surface area (Å²) in [6.07, 6.45) is 1.60. The number of thiocarbonyl (C=S) groups is 1. The fourth-order valence-electron chi connectivity index (χ4n) is 0.759. The van der Waals surface area contributed by atoms with E-state index >= 15 is 0 Å². The molecule has 0 atom stereocenters. The summed E-state index contributed by atoms with van der Waals surface area (Å²) in [4.78, 5) is 4.35. The van der Waals surface area contributed by atoms with Gasteiger partial charge in [0.1, 0.15) is 4.99 Å². The number of hydrogen-bond donors (Lipinski definition) is 1. The molecular formula is C8H10N2OS. The third kappa shape index (κ3) is 2.17. The van der Waals surface area contributed by atoms with Crippen LogP contribution in [0.15, 0.2) is 18.3 Å². The maximum atomic E-state index is 5.39. The first-order valence-electron chi connectivity index (χ1n) is 3.62. The lowest BCUT2D eigenvalue weighted by Gasteiger charge is -2.01. The quantitative estimate of drug-likeness (QED) is 0.711. The highest BCUT2D eigenvalue weighted by Gasteiger charge is 1.97. The van der Waals surface area contributed by atoms with E-state index in [1.54, 1.807) is 18.3 Å². The molecule has 0 aliphatic carbocycles. The predicted octanol–water partition coefficient (Wildman–Crippen LogP) is 1.11. The number of hydrogen-bond acceptors (Lipinski definition) is 3. The van der Waals surface area contributed by atoms with Crippen molar-refractivity contribution in [1.82, 2.24) is 4.98 Å². The molecule has 4 heteroatoms. The van der Waals surface area contributed by atoms with E-state index in [0.717, 1.165) is 5.56 Å². The molecule has 0 saturated heterocycles. The molecule has 0 bridgehead atoms. The third-order valence-electron chi connectivity index (χ3n) is 1.31. The Morgan fingerprint density at radius 1 is 1.67 bits per heavy atom. The lowest BCUT2D eigenvalue weighted by Crippen LogP contribution is -2.09. The normalized spacial score (nSPS) is 9.42. The van der Waals surface area contributed by atoms with E-state index in [2.05, 4.69) is 4.98 Å². The summed E-state index contributed by atoms with van der Waals surface area (Å²) < 4.78 is 5.15. The number of nitrogens with zero attached hydrogens (tertiary/aromatic N) is 1. The third-order valence-corrected chi connectivity index (χ3v) is 1.55. The smallest absolute Gasteiger partial charge is 0.213 e. The fraction of sp³-hybridized carbons (Fsp3) is 0.250. The lowest BCUT2D eigenvalue weighted by atomic mass is 10.3. The van der Waals surface area contributed by atoms with Crippen LogP contribution in [-0.4, -0.2) is 16.6 Å². The second kappa shape index (κ2) is 4.01. The Hall–Kier alpha value is -1.16. The van der Waals surface area contributed by atoms with E-state index in [1.165, 1.54) is 0 Å². The molecular weight excluding hydrogens is 172 g/mol. The number of ether oxygens (including phenoxy) is 1. The minimum atomic E-state index is 0.352. The van der Waals surface area contributed by atoms with Gasteiger partial charge < -0.3 is 10.5 Å². The zero-order chi connectivity index (χ0) is 8.97. The zero-order valence-corrected chi connectivity index (χ0v) is 7.60. The largest absolute Gasteiger partial charge is 0.478 e. The maximum Gasteiger partial charge on any atom is 0.213 e. The summed E-state index contributed by atoms with van der Waals surface area (Å²) in [7, 11) is 0. The highest BCUT2D eigenvalue weighted by atomic mass is 32.1. The second-order valence-corrected chi connectivity index (χ2v) is 2.62. The van der Waals surface area contributed by atoms with Crippen molar-refractivity contribution in [2.24, 2.45) is 5.73 Å². The number of rotatable bonds is 3. The van der Waals surface area contributed by atoms with Gasteiger partial charge in [-0.05, 0) is 13.0 Å². The summed E-state index contributed by atoms with van der Waals surface area (Å²) >= 11 is 4.77. The van der Waals surface area contributed by atoms with E-state index in [9.17, 15) is 0 Å². The highest BCUT2D eigenvalue weighted by Crippen LogP contribution is 2.06. The molecule has 64 valence electrons. The molecule has 3 nitrogen and oxygen atoms in total. The summed E-state index contributed by atoms with van der Waals surface area (Å²) in [6, 6.07) is 3.54. The molecule has 0 spiro atoms. The summed E-state index contributed by atoms with van der Waals surface area (Å²) in [6.45, 7) is 2.52. The van der Waals surface area contributed by atoms with Gasteiger partial charge in [0.05, 0.1) is 6.61 Å². The Bertz CT molecular complexity index is 271. The summed E-state index contributed by atoms with van der Waals surface area (Å²) in [5.41, 5.74) is 6.15. The molecule has 0 unspecified atom stereocenters. The Morgan fingerprint density at radius 3 is 2.83 bits per heavy atom. The Kier molecular flexibility index (Phi) is 2.99. The van der Waals surface area contributed by atoms with Crippen LogP contribution in [0.25, 0.3) is 0 Å². The monoisotopic (exact) mass is 182 g/mol. The Morgan fingerprint density at radius 2 is 2.42 bits per heavy atom. The van der Waals surface area contributed by atoms with Gasteiger partial charge in [-0.3, -0.25) is 0 Å². The minimum Gasteiger partial charge on any atom is -0.478 e. The van der Waals surface area contributed by atoms with Gasteiger partial charge in [0.25, 0.3) is 0 Å². The van der Waals surface area contributed by atoms with Crippen molar-refractivity contribution in [1.29, 1.82) is 0 Å². The van der Waals surface area contributed by atoms with Crippen molar-refractivity contribution >= 4 is 17.2 Å². The van der Waals surface area contributed by atoms with Gasteiger partial charge in [-0.2, -0.15) is 0 Å². The van der Waals surface area contributed by atoms with Gasteiger partial charge in [-0.15, -0.1) is 0 Å². The van der Waals surface area contributed by atoms with E-state index in [-0.39, 0.29) is 0 Å². The predicted molar refractivity (Wildman–Crippen MR) is 51.3 cm³/mol. The minimum absolute atomic E-state index is 0.352. The fourth-order valence-corrected chi connectivity index (χ4v) is 0.880. The topological polar surface area (TPSA) is 48.1 Å². The molecule has 1 aromatic heterocycles. The molecule has 0 amide bonds. The van der Waals surface area contributed by atoms with Crippen molar-refractivity contribution in [3.63, 3.8) is 0 Å². The molecule has 0 fully saturated rings. The average Bonchev–Trinajstić information content (AvgIpc) is 2.06. The van der Waals surface area contributed by atoms with Crippen LogP contribution >= 0.6 is 12.2 Å². The molecule has 12 heavy (non-hydrogen) atoms. The highest BCUT2D eigenvalue weighted by molar-refractivity contribution is 7.80. The average molecular weight is 182 g/mol. The molecule has 2 N–H and O–H groups in total. The van der Waals surface area contributed by atoms with Crippen LogP contribution in [-0.2, 0) is 0 Å². The number of nitrogens with two attached hydrogens (primary N) is 1. The van der Waals surface area contributed by atoms with E-state index in [0.29, 0.717) is 17.5 Å². The van der Waals surface area contributed by atoms with Crippen molar-refractivity contribution in [3.8, 4) is 5.88 Å². The first-order chi connectivity index (χ1) is 5.74. The molecule has 0 aliphatic rings. The van der Waals surface area contributed by atoms with Crippen molar-refractivity contribution in [2.45, 2.75) is 6.92 Å². The van der Waals surface area contributed by atoms with Crippen LogP contribution in [0.4, 0.5) is 0 Å². The van der Waals surface area contributed by atoms with Crippen LogP contribution in [0.3, 0.4) is 0 Å². The van der Waals surface area contributed by atoms with Crippen molar-refractivity contribution in [3.05, 3.63) is 23.9 Å². The summed E-state index contributed by atoms with van der Waals surface area (Å²) in [5, 5.41) is 0. The van der Waals surface area contributed by atoms with Gasteiger partial charge in [0.2, 0.25) is 5.88 Å². The van der Waals surface area contributed by atoms with Crippen LogP contribution in [0, 0.1) is 0 Å². The molecule has 0 aliphatic heterocycles. The number of aromatic nitrogens is 1. The summed E-state index contributed by atoms with van der Waals surface area (Å²) in [5.74, 6) is 0.595. The standard InChI is InChI=1S/C8H10N2OS/c1-2-11-7-4-3-6(5-10-7)8(9)12/h3-5H,2H2,1H3,(H2,9,12). The second-order valence-electron chi connectivity index (χ2n) is 2.18. The lowest BCUT2D eigenvalue weighted by molar-refractivity contribution is 0.327. The molecule has 0 radical (unpaired) electrons. The van der Waals surface area contributed by atoms with Gasteiger partial charge >= 0.3 is 0 Å². The van der Waals surface area contributed by atoms with Crippen molar-refractivity contribution < 1.29 is 4.74 Å². The van der Waals surface area contributed by atoms with E-state index in [1.807, 2.05) is 6.92 Å². The molecule has 0 saturated carbocycles. The SMILES string of the molecule is CCOc1ccc(C(N)=S)cn1. The molecule has 1 aromatic rings. The van der Waals surface area contributed by atoms with Crippen LogP contribution in [0.2, 0.25) is 0 Å². The van der Waals surface area contributed by atoms with Gasteiger partial charge in [-0.25, -0.2) is 4.98 Å². The van der Waals surface area contributed by atoms with Crippen LogP contribution in [0.1, 0.15) is 12.5 Å². The van der Waals surface area contributed by atoms with E-state index in [4.69, 9.17) is 22.7 Å². The van der Waals surface area contributed by atoms with Gasteiger partial charge in [0, 0.05) is 17.8 Å². The molecule has 0 aromatic carbocycles. The van der Waals surface area contributed by atoms with E-state index < -0.39 is 0 Å². The molecule has 1 heterocycles. The first kappa shape index (κ1) is 8.93. The maximum absolute atomic E-state index is 5.39. The van der Waals surface area contributed by atoms with Crippen LogP contribution in [0.5, 0.6) is 5.88 Å². The Labute approximate surface area is 76.6 Å². The first-order valence-corrected chi connectivity index (χ1v) is 4.03. The van der Waals surface area contributed by atoms with Crippen molar-refractivity contribution in [2.75, 3.05) is 6.61 Å². The molecule has 1 rings (SSSR count). The van der Waals surface area contributed by atoms with Gasteiger partial charge in [-0.1, -0.05) is 12.2 Å².